The lowest BCUT2D eigenvalue weighted by molar-refractivity contribution is -0.147. The molecule has 17 heteroatoms. The number of nitrogens with two attached hydrogens (primary N) is 2. The molecule has 0 unspecified atom stereocenters. The van der Waals surface area contributed by atoms with Crippen LogP contribution in [-0.2, 0) is 41.9 Å². The zero-order valence-corrected chi connectivity index (χ0v) is 27.1. The van der Waals surface area contributed by atoms with Crippen molar-refractivity contribution >= 4 is 52.6 Å². The summed E-state index contributed by atoms with van der Waals surface area (Å²) in [6.07, 6.45) is 0.360. The van der Waals surface area contributed by atoms with Crippen LogP contribution in [0.15, 0.2) is 71.9 Å². The fraction of sp³-hybridized carbons (Fsp3) is 0.364. The van der Waals surface area contributed by atoms with E-state index in [-0.39, 0.29) is 51.5 Å². The van der Waals surface area contributed by atoms with Crippen molar-refractivity contribution in [1.29, 1.82) is 0 Å². The van der Waals surface area contributed by atoms with Crippen molar-refractivity contribution in [3.63, 3.8) is 0 Å². The van der Waals surface area contributed by atoms with E-state index in [0.717, 1.165) is 21.4 Å². The quantitative estimate of drug-likeness (QED) is 0.0568. The van der Waals surface area contributed by atoms with E-state index in [1.54, 1.807) is 53.2 Å². The maximum atomic E-state index is 13.5. The lowest BCUT2D eigenvalue weighted by Gasteiger charge is -2.28. The number of ether oxygens (including phenoxy) is 1. The van der Waals surface area contributed by atoms with Crippen molar-refractivity contribution in [1.82, 2.24) is 25.4 Å². The Morgan fingerprint density at radius 1 is 0.940 bits per heavy atom. The van der Waals surface area contributed by atoms with Gasteiger partial charge in [-0.2, -0.15) is 0 Å². The second-order valence-electron chi connectivity index (χ2n) is 11.6. The minimum absolute atomic E-state index is 0.0187. The minimum atomic E-state index is -1.56. The number of aromatic nitrogens is 1. The van der Waals surface area contributed by atoms with Gasteiger partial charge in [-0.1, -0.05) is 48.5 Å². The molecule has 1 fully saturated rings. The minimum Gasteiger partial charge on any atom is -0.481 e. The molecule has 1 aliphatic rings. The first-order chi connectivity index (χ1) is 23.9. The number of aliphatic imine (C=N–C) groups is 1. The van der Waals surface area contributed by atoms with Gasteiger partial charge in [0.15, 0.2) is 5.96 Å². The Kier molecular flexibility index (Phi) is 12.7. The van der Waals surface area contributed by atoms with Crippen LogP contribution in [0, 0.1) is 0 Å². The van der Waals surface area contributed by atoms with Crippen molar-refractivity contribution in [2.45, 2.75) is 63.0 Å². The van der Waals surface area contributed by atoms with Crippen LogP contribution in [0.4, 0.5) is 4.79 Å². The van der Waals surface area contributed by atoms with Gasteiger partial charge < -0.3 is 51.8 Å². The lowest BCUT2D eigenvalue weighted by atomic mass is 10.1. The van der Waals surface area contributed by atoms with Crippen LogP contribution >= 0.6 is 0 Å². The zero-order valence-electron chi connectivity index (χ0n) is 27.1. The number of amides is 4. The van der Waals surface area contributed by atoms with Crippen molar-refractivity contribution in [2.75, 3.05) is 13.1 Å². The molecule has 17 nitrogen and oxygen atoms in total. The number of carboxylic acids is 2. The van der Waals surface area contributed by atoms with Crippen LogP contribution in [0.1, 0.15) is 31.2 Å². The molecule has 0 aliphatic carbocycles. The van der Waals surface area contributed by atoms with Gasteiger partial charge in [0.2, 0.25) is 17.7 Å². The molecule has 2 heterocycles. The van der Waals surface area contributed by atoms with Crippen LogP contribution in [0.25, 0.3) is 10.9 Å². The number of carbonyl (C=O) groups excluding carboxylic acids is 4. The molecule has 3 aromatic rings. The van der Waals surface area contributed by atoms with Gasteiger partial charge in [0.1, 0.15) is 30.8 Å². The molecule has 2 aromatic carbocycles. The SMILES string of the molecule is NC(N)=NCCC[C@H](NC(=O)OCc1ccccc1)C(=O)N[C@H]1CCN([C@@H](CC(=O)O)C(=O)N[C@@H](Cn2ccc3ccccc32)C(=O)O)C1=O. The molecule has 1 aliphatic heterocycles. The Balaban J connectivity index is 1.42. The average molecular weight is 693 g/mol. The number of rotatable bonds is 17. The highest BCUT2D eigenvalue weighted by molar-refractivity contribution is 5.97. The number of nitrogens with one attached hydrogen (secondary N) is 3. The van der Waals surface area contributed by atoms with E-state index in [0.29, 0.717) is 0 Å². The third-order valence-electron chi connectivity index (χ3n) is 8.04. The Morgan fingerprint density at radius 3 is 2.36 bits per heavy atom. The van der Waals surface area contributed by atoms with Gasteiger partial charge in [-0.15, -0.1) is 0 Å². The van der Waals surface area contributed by atoms with Crippen molar-refractivity contribution in [3.05, 3.63) is 72.4 Å². The zero-order chi connectivity index (χ0) is 36.2. The molecular weight excluding hydrogens is 652 g/mol. The summed E-state index contributed by atoms with van der Waals surface area (Å²) in [4.78, 5) is 81.7. The lowest BCUT2D eigenvalue weighted by Crippen LogP contribution is -2.56. The van der Waals surface area contributed by atoms with E-state index in [9.17, 15) is 39.0 Å². The number of benzene rings is 2. The molecule has 9 N–H and O–H groups in total. The van der Waals surface area contributed by atoms with Gasteiger partial charge >= 0.3 is 18.0 Å². The number of carbonyl (C=O) groups is 6. The van der Waals surface area contributed by atoms with Crippen molar-refractivity contribution in [2.24, 2.45) is 16.5 Å². The van der Waals surface area contributed by atoms with Gasteiger partial charge in [0.25, 0.3) is 0 Å². The molecule has 4 atom stereocenters. The summed E-state index contributed by atoms with van der Waals surface area (Å²) in [7, 11) is 0. The largest absolute Gasteiger partial charge is 0.481 e. The van der Waals surface area contributed by atoms with E-state index in [4.69, 9.17) is 16.2 Å². The third kappa shape index (κ3) is 10.2. The standard InChI is InChI=1S/C33H40N8O9/c34-32(35)36-14-6-10-22(39-33(49)50-19-20-7-2-1-3-8-20)28(44)37-23-13-16-41(30(23)46)26(17-27(42)43)29(45)38-24(31(47)48)18-40-15-12-21-9-4-5-11-25(21)40/h1-5,7-9,11-12,15,22-24,26H,6,10,13-14,16-19H2,(H,37,44)(H,38,45)(H,39,49)(H,42,43)(H,47,48)(H4,34,35,36)/t22-,23-,24-,26-/m0/s1. The second-order valence-corrected chi connectivity index (χ2v) is 11.6. The van der Waals surface area contributed by atoms with E-state index in [2.05, 4.69) is 20.9 Å². The van der Waals surface area contributed by atoms with E-state index < -0.39 is 66.3 Å². The van der Waals surface area contributed by atoms with E-state index in [1.807, 2.05) is 18.2 Å². The monoisotopic (exact) mass is 692 g/mol. The fourth-order valence-corrected chi connectivity index (χ4v) is 5.56. The highest BCUT2D eigenvalue weighted by Gasteiger charge is 2.42. The number of guanidine groups is 1. The van der Waals surface area contributed by atoms with Gasteiger partial charge in [-0.05, 0) is 42.3 Å². The molecule has 4 rings (SSSR count). The van der Waals surface area contributed by atoms with Crippen LogP contribution in [0.5, 0.6) is 0 Å². The predicted octanol–water partition coefficient (Wildman–Crippen LogP) is 0.120. The topological polar surface area (TPSA) is 261 Å². The summed E-state index contributed by atoms with van der Waals surface area (Å²) in [5.74, 6) is -5.34. The first kappa shape index (κ1) is 36.7. The summed E-state index contributed by atoms with van der Waals surface area (Å²) < 4.78 is 6.89. The summed E-state index contributed by atoms with van der Waals surface area (Å²) >= 11 is 0. The molecule has 4 amide bonds. The normalized spacial score (nSPS) is 15.8. The van der Waals surface area contributed by atoms with Crippen LogP contribution in [-0.4, -0.2) is 98.6 Å². The average Bonchev–Trinajstić information content (AvgIpc) is 3.66. The highest BCUT2D eigenvalue weighted by atomic mass is 16.5. The molecule has 1 saturated heterocycles. The van der Waals surface area contributed by atoms with Gasteiger partial charge in [0, 0.05) is 24.8 Å². The molecule has 0 spiro atoms. The number of likely N-dealkylation sites (tertiary alicyclic amines) is 1. The van der Waals surface area contributed by atoms with Crippen molar-refractivity contribution < 1.29 is 43.7 Å². The summed E-state index contributed by atoms with van der Waals surface area (Å²) in [6.45, 7) is -0.154. The number of aliphatic carboxylic acids is 2. The second kappa shape index (κ2) is 17.3. The maximum Gasteiger partial charge on any atom is 0.408 e. The Labute approximate surface area is 286 Å². The third-order valence-corrected chi connectivity index (χ3v) is 8.04. The highest BCUT2D eigenvalue weighted by Crippen LogP contribution is 2.19. The summed E-state index contributed by atoms with van der Waals surface area (Å²) in [5.41, 5.74) is 12.2. The number of carboxylic acid groups (broad SMARTS) is 2. The summed E-state index contributed by atoms with van der Waals surface area (Å²) in [6, 6.07) is 12.6. The first-order valence-corrected chi connectivity index (χ1v) is 15.8. The first-order valence-electron chi connectivity index (χ1n) is 15.8. The van der Waals surface area contributed by atoms with Gasteiger partial charge in [-0.25, -0.2) is 9.59 Å². The molecular formula is C33H40N8O9. The molecule has 1 aromatic heterocycles. The van der Waals surface area contributed by atoms with Crippen molar-refractivity contribution in [3.8, 4) is 0 Å². The number of fused-ring (bicyclic) bond motifs is 1. The van der Waals surface area contributed by atoms with E-state index >= 15 is 0 Å². The number of hydrogen-bond acceptors (Lipinski definition) is 8. The Hall–Kier alpha value is -6.13. The van der Waals surface area contributed by atoms with E-state index in [1.165, 1.54) is 0 Å². The summed E-state index contributed by atoms with van der Waals surface area (Å²) in [5, 5.41) is 27.8. The fourth-order valence-electron chi connectivity index (χ4n) is 5.56. The number of para-hydroxylation sites is 1. The van der Waals surface area contributed by atoms with Crippen LogP contribution in [0.2, 0.25) is 0 Å². The molecule has 50 heavy (non-hydrogen) atoms. The number of hydrogen-bond donors (Lipinski definition) is 7. The predicted molar refractivity (Wildman–Crippen MR) is 179 cm³/mol. The van der Waals surface area contributed by atoms with Gasteiger partial charge in [-0.3, -0.25) is 24.2 Å². The van der Waals surface area contributed by atoms with Crippen LogP contribution in [0.3, 0.4) is 0 Å². The van der Waals surface area contributed by atoms with Gasteiger partial charge in [0.05, 0.1) is 13.0 Å². The molecule has 266 valence electrons. The smallest absolute Gasteiger partial charge is 0.408 e. The number of nitrogens with zero attached hydrogens (tertiary/aromatic N) is 3. The molecule has 0 saturated carbocycles. The molecule has 0 bridgehead atoms. The molecule has 0 radical (unpaired) electrons. The maximum absolute atomic E-state index is 13.5. The van der Waals surface area contributed by atoms with Crippen LogP contribution < -0.4 is 27.4 Å². The Bertz CT molecular complexity index is 1720. The Morgan fingerprint density at radius 2 is 1.66 bits per heavy atom. The number of alkyl carbamates (subject to hydrolysis) is 1.